The highest BCUT2D eigenvalue weighted by Gasteiger charge is 2.20. The van der Waals surface area contributed by atoms with E-state index in [0.717, 1.165) is 11.8 Å². The monoisotopic (exact) mass is 349 g/mol. The first-order valence-electron chi connectivity index (χ1n) is 5.85. The van der Waals surface area contributed by atoms with Crippen molar-refractivity contribution in [3.05, 3.63) is 28.6 Å². The van der Waals surface area contributed by atoms with Crippen LogP contribution in [0.5, 0.6) is 5.75 Å². The largest absolute Gasteiger partial charge is 0.434 e. The van der Waals surface area contributed by atoms with Crippen molar-refractivity contribution in [1.82, 2.24) is 10.2 Å². The minimum absolute atomic E-state index is 0.000567. The lowest BCUT2D eigenvalue weighted by Gasteiger charge is -2.13. The molecule has 6 nitrogen and oxygen atoms in total. The molecular formula is C12H10ClF2N3O3S. The zero-order valence-electron chi connectivity index (χ0n) is 11.4. The molecule has 0 aliphatic heterocycles. The maximum Gasteiger partial charge on any atom is 0.387 e. The van der Waals surface area contributed by atoms with E-state index < -0.39 is 12.5 Å². The van der Waals surface area contributed by atoms with Gasteiger partial charge >= 0.3 is 12.6 Å². The van der Waals surface area contributed by atoms with Crippen LogP contribution in [0.1, 0.15) is 16.2 Å². The molecule has 0 spiro atoms. The molecule has 0 aliphatic carbocycles. The van der Waals surface area contributed by atoms with Crippen molar-refractivity contribution in [2.45, 2.75) is 18.4 Å². The van der Waals surface area contributed by atoms with Gasteiger partial charge in [-0.25, -0.2) is 0 Å². The molecule has 10 heteroatoms. The maximum absolute atomic E-state index is 12.3. The number of anilines is 1. The minimum atomic E-state index is -2.98. The number of rotatable bonds is 5. The molecule has 0 fully saturated rings. The number of nitrogens with one attached hydrogen (secondary N) is 1. The Morgan fingerprint density at radius 3 is 2.73 bits per heavy atom. The van der Waals surface area contributed by atoms with Gasteiger partial charge in [-0.2, -0.15) is 8.78 Å². The fraction of sp³-hybridized carbons (Fsp3) is 0.250. The molecule has 1 aromatic carbocycles. The topological polar surface area (TPSA) is 77.2 Å². The van der Waals surface area contributed by atoms with Crippen LogP contribution in [0.15, 0.2) is 21.4 Å². The first kappa shape index (κ1) is 16.5. The normalized spacial score (nSPS) is 10.8. The fourth-order valence-electron chi connectivity index (χ4n) is 1.60. The molecule has 2 aromatic rings. The molecule has 0 saturated heterocycles. The standard InChI is InChI=1S/C12H10ClF2N3O3S/c1-5-17-18-12(20-5)16-10(19)6-3-4-7(21-11(14)15)9(22-2)8(6)13/h3-4,11H,1-2H3,(H,16,18,19). The molecule has 1 heterocycles. The van der Waals surface area contributed by atoms with Crippen molar-refractivity contribution in [2.24, 2.45) is 0 Å². The summed E-state index contributed by atoms with van der Waals surface area (Å²) in [5.41, 5.74) is 0.0727. The van der Waals surface area contributed by atoms with Gasteiger partial charge in [0.15, 0.2) is 0 Å². The average Bonchev–Trinajstić information content (AvgIpc) is 2.83. The molecule has 0 aliphatic rings. The number of thioether (sulfide) groups is 1. The number of hydrogen-bond acceptors (Lipinski definition) is 6. The number of ether oxygens (including phenoxy) is 1. The first-order valence-corrected chi connectivity index (χ1v) is 7.45. The van der Waals surface area contributed by atoms with Gasteiger partial charge in [0.05, 0.1) is 15.5 Å². The number of carbonyl (C=O) groups is 1. The van der Waals surface area contributed by atoms with E-state index in [0.29, 0.717) is 0 Å². The smallest absolute Gasteiger partial charge is 0.387 e. The van der Waals surface area contributed by atoms with Crippen LogP contribution < -0.4 is 10.1 Å². The number of amides is 1. The number of aromatic nitrogens is 2. The molecule has 2 rings (SSSR count). The highest BCUT2D eigenvalue weighted by molar-refractivity contribution is 7.98. The molecule has 22 heavy (non-hydrogen) atoms. The Morgan fingerprint density at radius 1 is 1.45 bits per heavy atom. The van der Waals surface area contributed by atoms with Crippen molar-refractivity contribution in [2.75, 3.05) is 11.6 Å². The summed E-state index contributed by atoms with van der Waals surface area (Å²) in [6.07, 6.45) is 1.63. The summed E-state index contributed by atoms with van der Waals surface area (Å²) in [6.45, 7) is -1.42. The van der Waals surface area contributed by atoms with Crippen molar-refractivity contribution in [3.8, 4) is 5.75 Å². The molecule has 0 bridgehead atoms. The van der Waals surface area contributed by atoms with Crippen LogP contribution in [0.4, 0.5) is 14.8 Å². The van der Waals surface area contributed by atoms with E-state index in [-0.39, 0.29) is 33.1 Å². The third kappa shape index (κ3) is 3.66. The third-order valence-electron chi connectivity index (χ3n) is 2.47. The molecule has 118 valence electrons. The predicted molar refractivity (Wildman–Crippen MR) is 76.9 cm³/mol. The minimum Gasteiger partial charge on any atom is -0.434 e. The molecular weight excluding hydrogens is 340 g/mol. The quantitative estimate of drug-likeness (QED) is 0.831. The second-order valence-electron chi connectivity index (χ2n) is 3.92. The fourth-order valence-corrected chi connectivity index (χ4v) is 2.68. The third-order valence-corrected chi connectivity index (χ3v) is 3.79. The summed E-state index contributed by atoms with van der Waals surface area (Å²) in [4.78, 5) is 12.4. The summed E-state index contributed by atoms with van der Waals surface area (Å²) in [5, 5.41) is 9.55. The van der Waals surface area contributed by atoms with Gasteiger partial charge in [0.25, 0.3) is 5.91 Å². The zero-order chi connectivity index (χ0) is 16.3. The van der Waals surface area contributed by atoms with Crippen molar-refractivity contribution < 1.29 is 22.7 Å². The van der Waals surface area contributed by atoms with Crippen LogP contribution in [-0.4, -0.2) is 29.0 Å². The van der Waals surface area contributed by atoms with Crippen LogP contribution in [0.25, 0.3) is 0 Å². The second-order valence-corrected chi connectivity index (χ2v) is 5.11. The summed E-state index contributed by atoms with van der Waals surface area (Å²) in [7, 11) is 0. The van der Waals surface area contributed by atoms with E-state index >= 15 is 0 Å². The molecule has 1 N–H and O–H groups in total. The van der Waals surface area contributed by atoms with E-state index in [1.807, 2.05) is 0 Å². The van der Waals surface area contributed by atoms with Crippen LogP contribution in [-0.2, 0) is 0 Å². The molecule has 0 saturated carbocycles. The number of halogens is 3. The maximum atomic E-state index is 12.3. The lowest BCUT2D eigenvalue weighted by molar-refractivity contribution is -0.0516. The first-order chi connectivity index (χ1) is 10.4. The Bertz CT molecular complexity index is 696. The Hall–Kier alpha value is -1.87. The number of carbonyl (C=O) groups excluding carboxylic acids is 1. The van der Waals surface area contributed by atoms with Gasteiger partial charge in [-0.05, 0) is 18.4 Å². The van der Waals surface area contributed by atoms with Crippen molar-refractivity contribution >= 4 is 35.3 Å². The van der Waals surface area contributed by atoms with Gasteiger partial charge in [-0.15, -0.1) is 16.9 Å². The number of benzene rings is 1. The van der Waals surface area contributed by atoms with E-state index in [1.165, 1.54) is 12.1 Å². The van der Waals surface area contributed by atoms with Gasteiger partial charge in [-0.3, -0.25) is 10.1 Å². The van der Waals surface area contributed by atoms with Crippen molar-refractivity contribution in [3.63, 3.8) is 0 Å². The van der Waals surface area contributed by atoms with Gasteiger partial charge in [-0.1, -0.05) is 16.7 Å². The van der Waals surface area contributed by atoms with Crippen molar-refractivity contribution in [1.29, 1.82) is 0 Å². The number of hydrogen-bond donors (Lipinski definition) is 1. The predicted octanol–water partition coefficient (Wildman–Crippen LogP) is 3.61. The molecule has 1 aromatic heterocycles. The highest BCUT2D eigenvalue weighted by atomic mass is 35.5. The number of aryl methyl sites for hydroxylation is 1. The second kappa shape index (κ2) is 6.93. The van der Waals surface area contributed by atoms with E-state index in [1.54, 1.807) is 13.2 Å². The number of alkyl halides is 2. The van der Waals surface area contributed by atoms with E-state index in [4.69, 9.17) is 16.0 Å². The van der Waals surface area contributed by atoms with Crippen LogP contribution >= 0.6 is 23.4 Å². The van der Waals surface area contributed by atoms with Gasteiger partial charge < -0.3 is 9.15 Å². The molecule has 0 unspecified atom stereocenters. The SMILES string of the molecule is CSc1c(OC(F)F)ccc(C(=O)Nc2nnc(C)o2)c1Cl. The van der Waals surface area contributed by atoms with Crippen LogP contribution in [0.2, 0.25) is 5.02 Å². The number of nitrogens with zero attached hydrogens (tertiary/aromatic N) is 2. The molecule has 1 amide bonds. The Labute approximate surface area is 133 Å². The molecule has 0 radical (unpaired) electrons. The lowest BCUT2D eigenvalue weighted by atomic mass is 10.2. The molecule has 0 atom stereocenters. The summed E-state index contributed by atoms with van der Waals surface area (Å²) < 4.78 is 34.1. The Morgan fingerprint density at radius 2 is 2.18 bits per heavy atom. The summed E-state index contributed by atoms with van der Waals surface area (Å²) >= 11 is 7.17. The summed E-state index contributed by atoms with van der Waals surface area (Å²) in [5.74, 6) is -0.419. The van der Waals surface area contributed by atoms with Gasteiger partial charge in [0.1, 0.15) is 5.75 Å². The highest BCUT2D eigenvalue weighted by Crippen LogP contribution is 2.38. The van der Waals surface area contributed by atoms with E-state index in [2.05, 4.69) is 20.3 Å². The van der Waals surface area contributed by atoms with Crippen LogP contribution in [0.3, 0.4) is 0 Å². The average molecular weight is 350 g/mol. The summed E-state index contributed by atoms with van der Waals surface area (Å²) in [6, 6.07) is 2.44. The van der Waals surface area contributed by atoms with Crippen LogP contribution in [0, 0.1) is 6.92 Å². The van der Waals surface area contributed by atoms with Gasteiger partial charge in [0.2, 0.25) is 5.89 Å². The Kier molecular flexibility index (Phi) is 5.19. The van der Waals surface area contributed by atoms with Gasteiger partial charge in [0, 0.05) is 6.92 Å². The lowest BCUT2D eigenvalue weighted by Crippen LogP contribution is -2.13. The van der Waals surface area contributed by atoms with E-state index in [9.17, 15) is 13.6 Å². The Balaban J connectivity index is 2.29. The zero-order valence-corrected chi connectivity index (χ0v) is 13.0.